The third-order valence-electron chi connectivity index (χ3n) is 5.21. The zero-order valence-corrected chi connectivity index (χ0v) is 21.2. The van der Waals surface area contributed by atoms with E-state index in [0.29, 0.717) is 5.02 Å². The molecule has 174 valence electrons. The molecule has 0 fully saturated rings. The van der Waals surface area contributed by atoms with Crippen LogP contribution in [-0.2, 0) is 21.4 Å². The van der Waals surface area contributed by atoms with Gasteiger partial charge in [-0.2, -0.15) is 4.31 Å². The van der Waals surface area contributed by atoms with E-state index in [1.54, 1.807) is 11.8 Å². The largest absolute Gasteiger partial charge is 0.348 e. The van der Waals surface area contributed by atoms with Crippen molar-refractivity contribution >= 4 is 39.3 Å². The predicted molar refractivity (Wildman–Crippen MR) is 135 cm³/mol. The number of carbonyl (C=O) groups is 1. The second-order valence-corrected chi connectivity index (χ2v) is 11.0. The summed E-state index contributed by atoms with van der Waals surface area (Å²) < 4.78 is 28.0. The minimum absolute atomic E-state index is 0.0802. The van der Waals surface area contributed by atoms with E-state index in [1.807, 2.05) is 68.6 Å². The van der Waals surface area contributed by atoms with Crippen molar-refractivity contribution < 1.29 is 13.2 Å². The molecule has 5 nitrogen and oxygen atoms in total. The van der Waals surface area contributed by atoms with Gasteiger partial charge in [-0.05, 0) is 67.6 Å². The number of benzene rings is 3. The summed E-state index contributed by atoms with van der Waals surface area (Å²) in [4.78, 5) is 14.1. The summed E-state index contributed by atoms with van der Waals surface area (Å²) in [6.45, 7) is 3.60. The van der Waals surface area contributed by atoms with E-state index in [-0.39, 0.29) is 29.9 Å². The van der Waals surface area contributed by atoms with Gasteiger partial charge in [0.25, 0.3) is 0 Å². The minimum atomic E-state index is -3.92. The maximum atomic E-state index is 13.4. The third-order valence-corrected chi connectivity index (χ3v) is 8.01. The molecule has 0 bridgehead atoms. The van der Waals surface area contributed by atoms with E-state index < -0.39 is 10.0 Å². The highest BCUT2D eigenvalue weighted by Gasteiger charge is 2.27. The first-order valence-electron chi connectivity index (χ1n) is 10.4. The first kappa shape index (κ1) is 25.3. The van der Waals surface area contributed by atoms with Crippen molar-refractivity contribution in [2.45, 2.75) is 36.2 Å². The Balaban J connectivity index is 1.82. The van der Waals surface area contributed by atoms with Crippen LogP contribution in [0.3, 0.4) is 0 Å². The molecule has 8 heteroatoms. The monoisotopic (exact) mass is 502 g/mol. The van der Waals surface area contributed by atoms with Crippen LogP contribution < -0.4 is 5.32 Å². The molecule has 0 heterocycles. The first-order valence-corrected chi connectivity index (χ1v) is 13.5. The van der Waals surface area contributed by atoms with E-state index in [4.69, 9.17) is 11.6 Å². The van der Waals surface area contributed by atoms with Crippen LogP contribution in [-0.4, -0.2) is 31.4 Å². The summed E-state index contributed by atoms with van der Waals surface area (Å²) in [6.07, 6.45) is 2.00. The van der Waals surface area contributed by atoms with Crippen molar-refractivity contribution in [1.82, 2.24) is 9.62 Å². The van der Waals surface area contributed by atoms with E-state index >= 15 is 0 Å². The Labute approximate surface area is 205 Å². The molecule has 33 heavy (non-hydrogen) atoms. The van der Waals surface area contributed by atoms with Crippen LogP contribution in [0.1, 0.15) is 29.7 Å². The van der Waals surface area contributed by atoms with Gasteiger partial charge in [-0.15, -0.1) is 11.8 Å². The van der Waals surface area contributed by atoms with E-state index in [0.717, 1.165) is 21.6 Å². The average molecular weight is 503 g/mol. The Morgan fingerprint density at radius 1 is 1.06 bits per heavy atom. The lowest BCUT2D eigenvalue weighted by Crippen LogP contribution is -2.41. The molecule has 3 aromatic rings. The lowest BCUT2D eigenvalue weighted by atomic mass is 10.1. The SMILES string of the molecule is CSc1ccc([C@H](C)NC(=O)CN(Cc2cccc(C)c2)S(=O)(=O)c2ccc(Cl)cc2)cc1. The summed E-state index contributed by atoms with van der Waals surface area (Å²) in [5, 5.41) is 3.36. The molecule has 0 aliphatic heterocycles. The molecule has 1 N–H and O–H groups in total. The molecule has 0 saturated heterocycles. The van der Waals surface area contributed by atoms with Gasteiger partial charge in [-0.1, -0.05) is 53.6 Å². The molecule has 0 aliphatic rings. The van der Waals surface area contributed by atoms with Crippen LogP contribution in [0.25, 0.3) is 0 Å². The van der Waals surface area contributed by atoms with Gasteiger partial charge in [0.05, 0.1) is 17.5 Å². The quantitative estimate of drug-likeness (QED) is 0.396. The van der Waals surface area contributed by atoms with Gasteiger partial charge in [-0.3, -0.25) is 4.79 Å². The molecule has 0 radical (unpaired) electrons. The van der Waals surface area contributed by atoms with Crippen LogP contribution in [0, 0.1) is 6.92 Å². The molecular weight excluding hydrogens is 476 g/mol. The van der Waals surface area contributed by atoms with Crippen LogP contribution in [0.2, 0.25) is 5.02 Å². The standard InChI is InChI=1S/C25H27ClN2O3S2/c1-18-5-4-6-20(15-18)16-28(33(30,31)24-13-9-22(26)10-14-24)17-25(29)27-19(2)21-7-11-23(32-3)12-8-21/h4-15,19H,16-17H2,1-3H3,(H,27,29)/t19-/m0/s1. The lowest BCUT2D eigenvalue weighted by molar-refractivity contribution is -0.122. The maximum absolute atomic E-state index is 13.4. The molecular formula is C25H27ClN2O3S2. The Hall–Kier alpha value is -2.32. The Bertz CT molecular complexity index is 1200. The zero-order chi connectivity index (χ0) is 24.0. The average Bonchev–Trinajstić information content (AvgIpc) is 2.79. The molecule has 0 unspecified atom stereocenters. The molecule has 0 aromatic heterocycles. The van der Waals surface area contributed by atoms with Gasteiger partial charge >= 0.3 is 0 Å². The van der Waals surface area contributed by atoms with Crippen LogP contribution in [0.15, 0.2) is 82.6 Å². The predicted octanol–water partition coefficient (Wildman–Crippen LogP) is 5.44. The number of nitrogens with zero attached hydrogens (tertiary/aromatic N) is 1. The second kappa shape index (κ2) is 11.2. The number of nitrogens with one attached hydrogen (secondary N) is 1. The molecule has 0 saturated carbocycles. The van der Waals surface area contributed by atoms with E-state index in [2.05, 4.69) is 5.32 Å². The van der Waals surface area contributed by atoms with Gasteiger partial charge in [0.15, 0.2) is 0 Å². The summed E-state index contributed by atoms with van der Waals surface area (Å²) in [6, 6.07) is 21.2. The van der Waals surface area contributed by atoms with Crippen molar-refractivity contribution in [2.75, 3.05) is 12.8 Å². The smallest absolute Gasteiger partial charge is 0.243 e. The van der Waals surface area contributed by atoms with Crippen LogP contribution in [0.5, 0.6) is 0 Å². The van der Waals surface area contributed by atoms with Gasteiger partial charge in [-0.25, -0.2) is 8.42 Å². The lowest BCUT2D eigenvalue weighted by Gasteiger charge is -2.23. The topological polar surface area (TPSA) is 66.5 Å². The summed E-state index contributed by atoms with van der Waals surface area (Å²) >= 11 is 7.58. The highest BCUT2D eigenvalue weighted by atomic mass is 35.5. The number of rotatable bonds is 9. The number of hydrogen-bond donors (Lipinski definition) is 1. The fourth-order valence-electron chi connectivity index (χ4n) is 3.42. The fraction of sp³-hybridized carbons (Fsp3) is 0.240. The molecule has 1 amide bonds. The fourth-order valence-corrected chi connectivity index (χ4v) is 5.34. The molecule has 3 rings (SSSR count). The van der Waals surface area contributed by atoms with Gasteiger partial charge in [0.1, 0.15) is 0 Å². The summed E-state index contributed by atoms with van der Waals surface area (Å²) in [5.41, 5.74) is 2.77. The van der Waals surface area contributed by atoms with Gasteiger partial charge in [0, 0.05) is 16.5 Å². The summed E-state index contributed by atoms with van der Waals surface area (Å²) in [7, 11) is -3.92. The van der Waals surface area contributed by atoms with Gasteiger partial charge < -0.3 is 5.32 Å². The molecule has 1 atom stereocenters. The Morgan fingerprint density at radius 2 is 1.73 bits per heavy atom. The number of hydrogen-bond acceptors (Lipinski definition) is 4. The van der Waals surface area contributed by atoms with Crippen molar-refractivity contribution in [1.29, 1.82) is 0 Å². The number of amides is 1. The Kier molecular flexibility index (Phi) is 8.59. The minimum Gasteiger partial charge on any atom is -0.348 e. The molecule has 0 spiro atoms. The van der Waals surface area contributed by atoms with E-state index in [9.17, 15) is 13.2 Å². The number of carbonyl (C=O) groups excluding carboxylic acids is 1. The first-order chi connectivity index (χ1) is 15.7. The van der Waals surface area contributed by atoms with Crippen LogP contribution in [0.4, 0.5) is 0 Å². The van der Waals surface area contributed by atoms with Crippen molar-refractivity contribution in [3.05, 3.63) is 94.5 Å². The molecule has 3 aromatic carbocycles. The zero-order valence-electron chi connectivity index (χ0n) is 18.8. The Morgan fingerprint density at radius 3 is 2.33 bits per heavy atom. The number of sulfonamides is 1. The highest BCUT2D eigenvalue weighted by molar-refractivity contribution is 7.98. The van der Waals surface area contributed by atoms with Crippen molar-refractivity contribution in [3.63, 3.8) is 0 Å². The highest BCUT2D eigenvalue weighted by Crippen LogP contribution is 2.22. The second-order valence-electron chi connectivity index (χ2n) is 7.78. The van der Waals surface area contributed by atoms with Crippen LogP contribution >= 0.6 is 23.4 Å². The number of aryl methyl sites for hydroxylation is 1. The maximum Gasteiger partial charge on any atom is 0.243 e. The van der Waals surface area contributed by atoms with E-state index in [1.165, 1.54) is 28.6 Å². The molecule has 0 aliphatic carbocycles. The normalized spacial score (nSPS) is 12.5. The van der Waals surface area contributed by atoms with Crippen molar-refractivity contribution in [2.24, 2.45) is 0 Å². The number of halogens is 1. The van der Waals surface area contributed by atoms with Crippen molar-refractivity contribution in [3.8, 4) is 0 Å². The summed E-state index contributed by atoms with van der Waals surface area (Å²) in [5.74, 6) is -0.373. The van der Waals surface area contributed by atoms with Gasteiger partial charge in [0.2, 0.25) is 15.9 Å². The number of thioether (sulfide) groups is 1. The third kappa shape index (κ3) is 6.84.